The van der Waals surface area contributed by atoms with Crippen LogP contribution in [0.5, 0.6) is 0 Å². The molecule has 0 fully saturated rings. The van der Waals surface area contributed by atoms with Crippen molar-refractivity contribution in [1.82, 2.24) is 10.6 Å². The molecule has 1 aliphatic rings. The molecule has 6 heteroatoms. The highest BCUT2D eigenvalue weighted by atomic mass is 16.4. The summed E-state index contributed by atoms with van der Waals surface area (Å²) < 4.78 is 0. The summed E-state index contributed by atoms with van der Waals surface area (Å²) in [5.74, 6) is -1.79. The molecular weight excluding hydrogens is 260 g/mol. The topological polar surface area (TPSA) is 98.7 Å². The quantitative estimate of drug-likeness (QED) is 0.625. The molecule has 0 saturated heterocycles. The number of benzene rings is 1. The lowest BCUT2D eigenvalue weighted by Crippen LogP contribution is -2.35. The van der Waals surface area contributed by atoms with Gasteiger partial charge in [-0.1, -0.05) is 30.3 Å². The molecule has 6 nitrogen and oxygen atoms in total. The van der Waals surface area contributed by atoms with Crippen molar-refractivity contribution in [2.24, 2.45) is 0 Å². The summed E-state index contributed by atoms with van der Waals surface area (Å²) in [5, 5.41) is 23.9. The zero-order valence-electron chi connectivity index (χ0n) is 10.5. The Kier molecular flexibility index (Phi) is 4.17. The lowest BCUT2D eigenvalue weighted by molar-refractivity contribution is -0.133. The molecule has 0 radical (unpaired) electrons. The minimum Gasteiger partial charge on any atom is -0.478 e. The van der Waals surface area contributed by atoms with E-state index in [1.165, 1.54) is 6.20 Å². The number of dihydropyridines is 1. The Hall–Kier alpha value is -2.60. The fourth-order valence-corrected chi connectivity index (χ4v) is 1.80. The van der Waals surface area contributed by atoms with Crippen LogP contribution >= 0.6 is 0 Å². The monoisotopic (exact) mass is 274 g/mol. The van der Waals surface area contributed by atoms with Gasteiger partial charge in [0.1, 0.15) is 6.10 Å². The molecule has 0 aromatic heterocycles. The minimum atomic E-state index is -1.44. The van der Waals surface area contributed by atoms with Crippen LogP contribution in [0.15, 0.2) is 53.9 Å². The Morgan fingerprint density at radius 1 is 1.15 bits per heavy atom. The van der Waals surface area contributed by atoms with E-state index < -0.39 is 18.0 Å². The van der Waals surface area contributed by atoms with E-state index in [0.717, 1.165) is 11.8 Å². The maximum atomic E-state index is 12.0. The first-order chi connectivity index (χ1) is 9.59. The third-order valence-electron chi connectivity index (χ3n) is 2.87. The Bertz CT molecular complexity index is 578. The summed E-state index contributed by atoms with van der Waals surface area (Å²) in [4.78, 5) is 22.8. The number of carboxylic acid groups (broad SMARTS) is 1. The van der Waals surface area contributed by atoms with Crippen LogP contribution < -0.4 is 10.6 Å². The highest BCUT2D eigenvalue weighted by molar-refractivity contribution is 5.99. The van der Waals surface area contributed by atoms with Gasteiger partial charge in [-0.3, -0.25) is 4.79 Å². The number of carbonyl (C=O) groups is 2. The van der Waals surface area contributed by atoms with Crippen molar-refractivity contribution in [3.05, 3.63) is 59.4 Å². The van der Waals surface area contributed by atoms with Crippen molar-refractivity contribution >= 4 is 11.9 Å². The molecule has 2 rings (SSSR count). The maximum Gasteiger partial charge on any atom is 0.336 e. The first-order valence-electron chi connectivity index (χ1n) is 5.99. The van der Waals surface area contributed by atoms with E-state index in [4.69, 9.17) is 5.11 Å². The van der Waals surface area contributed by atoms with Gasteiger partial charge in [0.05, 0.1) is 11.1 Å². The number of hydrogen-bond donors (Lipinski definition) is 4. The fraction of sp³-hybridized carbons (Fsp3) is 0.143. The number of rotatable bonds is 4. The smallest absolute Gasteiger partial charge is 0.336 e. The second kappa shape index (κ2) is 6.03. The first-order valence-corrected chi connectivity index (χ1v) is 5.99. The van der Waals surface area contributed by atoms with Gasteiger partial charge in [0.15, 0.2) is 0 Å². The zero-order chi connectivity index (χ0) is 14.5. The number of nitrogens with one attached hydrogen (secondary N) is 2. The van der Waals surface area contributed by atoms with E-state index in [0.29, 0.717) is 6.54 Å². The fourth-order valence-electron chi connectivity index (χ4n) is 1.80. The molecule has 104 valence electrons. The number of aliphatic carboxylic acids is 1. The third kappa shape index (κ3) is 3.04. The van der Waals surface area contributed by atoms with Crippen LogP contribution in [0.25, 0.3) is 0 Å². The molecule has 1 aliphatic heterocycles. The van der Waals surface area contributed by atoms with Crippen molar-refractivity contribution in [1.29, 1.82) is 0 Å². The number of aliphatic hydroxyl groups excluding tert-OH is 1. The van der Waals surface area contributed by atoms with Crippen LogP contribution in [0.2, 0.25) is 0 Å². The summed E-state index contributed by atoms with van der Waals surface area (Å²) in [6.07, 6.45) is 1.00. The van der Waals surface area contributed by atoms with Crippen LogP contribution in [-0.4, -0.2) is 28.2 Å². The van der Waals surface area contributed by atoms with E-state index in [2.05, 4.69) is 10.6 Å². The number of carbonyl (C=O) groups excluding carboxylic acids is 1. The Labute approximate surface area is 115 Å². The Morgan fingerprint density at radius 3 is 2.45 bits per heavy atom. The Morgan fingerprint density at radius 2 is 1.80 bits per heavy atom. The van der Waals surface area contributed by atoms with Gasteiger partial charge in [0, 0.05) is 18.9 Å². The predicted octanol–water partition coefficient (Wildman–Crippen LogP) is 0.119. The molecule has 0 spiro atoms. The predicted molar refractivity (Wildman–Crippen MR) is 71.2 cm³/mol. The van der Waals surface area contributed by atoms with Gasteiger partial charge in [-0.2, -0.15) is 0 Å². The summed E-state index contributed by atoms with van der Waals surface area (Å²) >= 11 is 0. The van der Waals surface area contributed by atoms with Crippen molar-refractivity contribution in [2.45, 2.75) is 12.6 Å². The van der Waals surface area contributed by atoms with Gasteiger partial charge in [-0.15, -0.1) is 0 Å². The average Bonchev–Trinajstić information content (AvgIpc) is 2.46. The number of hydrogen-bond acceptors (Lipinski definition) is 4. The molecule has 0 aliphatic carbocycles. The summed E-state index contributed by atoms with van der Waals surface area (Å²) in [6, 6.07) is 9.28. The Balaban J connectivity index is 2.00. The molecule has 4 N–H and O–H groups in total. The molecule has 1 atom stereocenters. The largest absolute Gasteiger partial charge is 0.478 e. The molecule has 1 aromatic rings. The standard InChI is InChI=1S/C14H14N2O4/c17-12-10(7-15-8-11(12)14(19)20)13(18)16-6-9-4-2-1-3-5-9/h1-5,7-8,12,15,17H,6H2,(H,16,18)(H,19,20). The summed E-state index contributed by atoms with van der Waals surface area (Å²) in [7, 11) is 0. The van der Waals surface area contributed by atoms with Crippen LogP contribution in [0.3, 0.4) is 0 Å². The van der Waals surface area contributed by atoms with Crippen LogP contribution in [0, 0.1) is 0 Å². The first kappa shape index (κ1) is 13.8. The second-order valence-corrected chi connectivity index (χ2v) is 4.24. The maximum absolute atomic E-state index is 12.0. The van der Waals surface area contributed by atoms with Gasteiger partial charge >= 0.3 is 5.97 Å². The molecule has 0 saturated carbocycles. The normalized spacial score (nSPS) is 17.6. The zero-order valence-corrected chi connectivity index (χ0v) is 10.5. The number of carboxylic acids is 1. The number of aliphatic hydroxyl groups is 1. The van der Waals surface area contributed by atoms with Crippen molar-refractivity contribution in [2.75, 3.05) is 0 Å². The van der Waals surface area contributed by atoms with Crippen LogP contribution in [0.4, 0.5) is 0 Å². The third-order valence-corrected chi connectivity index (χ3v) is 2.87. The molecule has 1 unspecified atom stereocenters. The van der Waals surface area contributed by atoms with Gasteiger partial charge in [-0.25, -0.2) is 4.79 Å². The second-order valence-electron chi connectivity index (χ2n) is 4.24. The van der Waals surface area contributed by atoms with E-state index in [9.17, 15) is 14.7 Å². The molecule has 1 amide bonds. The molecule has 1 heterocycles. The minimum absolute atomic E-state index is 0.0270. The van der Waals surface area contributed by atoms with Crippen LogP contribution in [0.1, 0.15) is 5.56 Å². The van der Waals surface area contributed by atoms with Crippen molar-refractivity contribution < 1.29 is 19.8 Å². The molecule has 20 heavy (non-hydrogen) atoms. The van der Waals surface area contributed by atoms with Gasteiger partial charge in [0.25, 0.3) is 5.91 Å². The van der Waals surface area contributed by atoms with Crippen LogP contribution in [-0.2, 0) is 16.1 Å². The van der Waals surface area contributed by atoms with Crippen molar-refractivity contribution in [3.8, 4) is 0 Å². The lowest BCUT2D eigenvalue weighted by Gasteiger charge is -2.19. The molecular formula is C14H14N2O4. The molecule has 0 bridgehead atoms. The van der Waals surface area contributed by atoms with E-state index in [1.54, 1.807) is 0 Å². The lowest BCUT2D eigenvalue weighted by atomic mass is 10.0. The van der Waals surface area contributed by atoms with E-state index >= 15 is 0 Å². The summed E-state index contributed by atoms with van der Waals surface area (Å²) in [5.41, 5.74) is 0.618. The number of amides is 1. The average molecular weight is 274 g/mol. The van der Waals surface area contributed by atoms with Crippen molar-refractivity contribution in [3.63, 3.8) is 0 Å². The van der Waals surface area contributed by atoms with E-state index in [-0.39, 0.29) is 11.1 Å². The highest BCUT2D eigenvalue weighted by Gasteiger charge is 2.28. The van der Waals surface area contributed by atoms with E-state index in [1.807, 2.05) is 30.3 Å². The van der Waals surface area contributed by atoms with Gasteiger partial charge < -0.3 is 20.8 Å². The van der Waals surface area contributed by atoms with Gasteiger partial charge in [-0.05, 0) is 5.56 Å². The molecule has 1 aromatic carbocycles. The highest BCUT2D eigenvalue weighted by Crippen LogP contribution is 2.15. The van der Waals surface area contributed by atoms with Gasteiger partial charge in [0.2, 0.25) is 0 Å². The SMILES string of the molecule is O=C(O)C1=CNC=C(C(=O)NCc2ccccc2)C1O. The summed E-state index contributed by atoms with van der Waals surface area (Å²) in [6.45, 7) is 0.301.